The Bertz CT molecular complexity index is 616. The molecule has 0 bridgehead atoms. The molecule has 3 nitrogen and oxygen atoms in total. The van der Waals surface area contributed by atoms with Crippen molar-refractivity contribution in [2.75, 3.05) is 0 Å². The van der Waals surface area contributed by atoms with Crippen LogP contribution in [0.1, 0.15) is 21.6 Å². The van der Waals surface area contributed by atoms with Crippen LogP contribution in [0.2, 0.25) is 0 Å². The Morgan fingerprint density at radius 1 is 1.37 bits per heavy atom. The van der Waals surface area contributed by atoms with Gasteiger partial charge in [0.1, 0.15) is 11.5 Å². The summed E-state index contributed by atoms with van der Waals surface area (Å²) in [6, 6.07) is 7.96. The molecule has 0 fully saturated rings. The average Bonchev–Trinajstić information content (AvgIpc) is 2.38. The summed E-state index contributed by atoms with van der Waals surface area (Å²) in [6.07, 6.45) is 1.48. The van der Waals surface area contributed by atoms with Gasteiger partial charge < -0.3 is 5.11 Å². The van der Waals surface area contributed by atoms with Crippen LogP contribution in [0, 0.1) is 12.7 Å². The van der Waals surface area contributed by atoms with E-state index in [1.165, 1.54) is 36.2 Å². The fourth-order valence-corrected chi connectivity index (χ4v) is 2.60. The molecule has 0 unspecified atom stereocenters. The normalized spacial score (nSPS) is 10.4. The number of aromatic nitrogens is 1. The highest BCUT2D eigenvalue weighted by molar-refractivity contribution is 7.98. The van der Waals surface area contributed by atoms with Crippen LogP contribution in [0.5, 0.6) is 0 Å². The molecule has 2 aromatic rings. The number of nitrogens with zero attached hydrogens (tertiary/aromatic N) is 1. The van der Waals surface area contributed by atoms with Crippen LogP contribution in [0.3, 0.4) is 0 Å². The van der Waals surface area contributed by atoms with Gasteiger partial charge >= 0.3 is 5.97 Å². The van der Waals surface area contributed by atoms with E-state index in [1.807, 2.05) is 6.92 Å². The number of hydrogen-bond donors (Lipinski definition) is 1. The van der Waals surface area contributed by atoms with Crippen molar-refractivity contribution in [2.45, 2.75) is 17.6 Å². The van der Waals surface area contributed by atoms with Gasteiger partial charge in [0.25, 0.3) is 0 Å². The Hall–Kier alpha value is -1.88. The maximum Gasteiger partial charge on any atom is 0.354 e. The van der Waals surface area contributed by atoms with Crippen LogP contribution in [-0.4, -0.2) is 16.1 Å². The molecular weight excluding hydrogens is 265 g/mol. The molecule has 2 rings (SSSR count). The van der Waals surface area contributed by atoms with Crippen LogP contribution in [-0.2, 0) is 5.75 Å². The van der Waals surface area contributed by atoms with Gasteiger partial charge in [0.15, 0.2) is 0 Å². The molecule has 5 heteroatoms. The van der Waals surface area contributed by atoms with Crippen molar-refractivity contribution < 1.29 is 14.3 Å². The molecule has 0 atom stereocenters. The minimum atomic E-state index is -1.04. The van der Waals surface area contributed by atoms with Gasteiger partial charge in [-0.15, -0.1) is 11.8 Å². The van der Waals surface area contributed by atoms with Crippen molar-refractivity contribution in [1.29, 1.82) is 0 Å². The monoisotopic (exact) mass is 277 g/mol. The Kier molecular flexibility index (Phi) is 4.16. The lowest BCUT2D eigenvalue weighted by Crippen LogP contribution is -1.99. The number of pyridine rings is 1. The van der Waals surface area contributed by atoms with E-state index in [9.17, 15) is 9.18 Å². The third-order valence-corrected chi connectivity index (χ3v) is 3.69. The second-order valence-corrected chi connectivity index (χ2v) is 5.09. The second-order valence-electron chi connectivity index (χ2n) is 4.04. The van der Waals surface area contributed by atoms with E-state index in [1.54, 1.807) is 12.1 Å². The van der Waals surface area contributed by atoms with Gasteiger partial charge in [-0.25, -0.2) is 14.2 Å². The van der Waals surface area contributed by atoms with Gasteiger partial charge in [0.05, 0.1) is 0 Å². The molecule has 1 heterocycles. The molecule has 0 aliphatic heterocycles. The molecule has 0 saturated heterocycles. The molecule has 0 aliphatic rings. The van der Waals surface area contributed by atoms with E-state index in [0.717, 1.165) is 16.0 Å². The zero-order chi connectivity index (χ0) is 13.8. The number of halogens is 1. The Balaban J connectivity index is 2.10. The summed E-state index contributed by atoms with van der Waals surface area (Å²) in [5.74, 6) is -0.626. The third kappa shape index (κ3) is 3.54. The Morgan fingerprint density at radius 3 is 2.84 bits per heavy atom. The largest absolute Gasteiger partial charge is 0.477 e. The molecule has 0 radical (unpaired) electrons. The van der Waals surface area contributed by atoms with Crippen molar-refractivity contribution in [2.24, 2.45) is 0 Å². The highest BCUT2D eigenvalue weighted by Crippen LogP contribution is 2.24. The van der Waals surface area contributed by atoms with E-state index >= 15 is 0 Å². The fourth-order valence-electron chi connectivity index (χ4n) is 1.60. The van der Waals surface area contributed by atoms with Crippen molar-refractivity contribution in [3.8, 4) is 0 Å². The van der Waals surface area contributed by atoms with Crippen LogP contribution in [0.4, 0.5) is 4.39 Å². The summed E-state index contributed by atoms with van der Waals surface area (Å²) in [7, 11) is 0. The number of rotatable bonds is 4. The maximum absolute atomic E-state index is 13.0. The summed E-state index contributed by atoms with van der Waals surface area (Å²) in [5.41, 5.74) is 1.95. The smallest absolute Gasteiger partial charge is 0.354 e. The molecule has 1 N–H and O–H groups in total. The zero-order valence-electron chi connectivity index (χ0n) is 10.3. The highest BCUT2D eigenvalue weighted by atomic mass is 32.2. The third-order valence-electron chi connectivity index (χ3n) is 2.65. The first-order valence-corrected chi connectivity index (χ1v) is 6.62. The second kappa shape index (κ2) is 5.84. The predicted octanol–water partition coefficient (Wildman–Crippen LogP) is 3.52. The summed E-state index contributed by atoms with van der Waals surface area (Å²) in [5, 5.41) is 8.86. The average molecular weight is 277 g/mol. The van der Waals surface area contributed by atoms with Gasteiger partial charge in [0.2, 0.25) is 0 Å². The van der Waals surface area contributed by atoms with Crippen molar-refractivity contribution in [3.63, 3.8) is 0 Å². The lowest BCUT2D eigenvalue weighted by Gasteiger charge is -2.06. The maximum atomic E-state index is 13.0. The molecule has 98 valence electrons. The number of hydrogen-bond acceptors (Lipinski definition) is 3. The van der Waals surface area contributed by atoms with Crippen LogP contribution in [0.25, 0.3) is 0 Å². The van der Waals surface area contributed by atoms with E-state index < -0.39 is 5.97 Å². The number of carbonyl (C=O) groups is 1. The topological polar surface area (TPSA) is 50.2 Å². The number of thioether (sulfide) groups is 1. The first kappa shape index (κ1) is 13.5. The van der Waals surface area contributed by atoms with Crippen molar-refractivity contribution in [1.82, 2.24) is 4.98 Å². The Labute approximate surface area is 114 Å². The molecule has 1 aromatic carbocycles. The van der Waals surface area contributed by atoms with Crippen LogP contribution >= 0.6 is 11.8 Å². The quantitative estimate of drug-likeness (QED) is 0.869. The van der Waals surface area contributed by atoms with Crippen molar-refractivity contribution in [3.05, 3.63) is 59.2 Å². The number of benzene rings is 1. The lowest BCUT2D eigenvalue weighted by molar-refractivity contribution is 0.0690. The van der Waals surface area contributed by atoms with Gasteiger partial charge in [-0.05, 0) is 42.3 Å². The highest BCUT2D eigenvalue weighted by Gasteiger charge is 2.06. The van der Waals surface area contributed by atoms with Gasteiger partial charge in [-0.2, -0.15) is 0 Å². The molecule has 0 aliphatic carbocycles. The van der Waals surface area contributed by atoms with Crippen molar-refractivity contribution >= 4 is 17.7 Å². The van der Waals surface area contributed by atoms with Gasteiger partial charge in [-0.1, -0.05) is 6.07 Å². The first-order valence-electron chi connectivity index (χ1n) is 5.63. The number of carboxylic acid groups (broad SMARTS) is 1. The lowest BCUT2D eigenvalue weighted by atomic mass is 10.1. The van der Waals surface area contributed by atoms with Gasteiger partial charge in [-0.3, -0.25) is 0 Å². The summed E-state index contributed by atoms with van der Waals surface area (Å²) >= 11 is 1.50. The predicted molar refractivity (Wildman–Crippen MR) is 71.9 cm³/mol. The summed E-state index contributed by atoms with van der Waals surface area (Å²) in [6.45, 7) is 1.86. The van der Waals surface area contributed by atoms with E-state index in [-0.39, 0.29) is 11.5 Å². The van der Waals surface area contributed by atoms with E-state index in [4.69, 9.17) is 5.11 Å². The molecule has 0 spiro atoms. The molecule has 0 amide bonds. The summed E-state index contributed by atoms with van der Waals surface area (Å²) < 4.78 is 13.0. The number of aromatic carboxylic acids is 1. The minimum absolute atomic E-state index is 0.0285. The van der Waals surface area contributed by atoms with Gasteiger partial charge in [0, 0.05) is 16.8 Å². The first-order chi connectivity index (χ1) is 9.06. The summed E-state index contributed by atoms with van der Waals surface area (Å²) in [4.78, 5) is 15.4. The molecule has 1 aromatic heterocycles. The molecule has 0 saturated carbocycles. The van der Waals surface area contributed by atoms with Crippen LogP contribution < -0.4 is 0 Å². The minimum Gasteiger partial charge on any atom is -0.477 e. The van der Waals surface area contributed by atoms with E-state index in [0.29, 0.717) is 5.75 Å². The Morgan fingerprint density at radius 2 is 2.16 bits per heavy atom. The molecular formula is C14H12FNO2S. The standard InChI is InChI=1S/C14H12FNO2S/c1-9-6-11(15)3-2-10(9)8-19-12-4-5-16-13(7-12)14(17)18/h2-7H,8H2,1H3,(H,17,18). The SMILES string of the molecule is Cc1cc(F)ccc1CSc1ccnc(C(=O)O)c1. The zero-order valence-corrected chi connectivity index (χ0v) is 11.1. The number of aryl methyl sites for hydroxylation is 1. The van der Waals surface area contributed by atoms with Crippen LogP contribution in [0.15, 0.2) is 41.4 Å². The fraction of sp³-hybridized carbons (Fsp3) is 0.143. The molecule has 19 heavy (non-hydrogen) atoms. The van der Waals surface area contributed by atoms with E-state index in [2.05, 4.69) is 4.98 Å². The number of carboxylic acids is 1.